The average molecular weight is 447 g/mol. The van der Waals surface area contributed by atoms with Crippen LogP contribution in [-0.2, 0) is 24.1 Å². The van der Waals surface area contributed by atoms with E-state index in [4.69, 9.17) is 14.5 Å². The summed E-state index contributed by atoms with van der Waals surface area (Å²) in [5.41, 5.74) is 6.80. The van der Waals surface area contributed by atoms with E-state index in [1.807, 2.05) is 25.2 Å². The summed E-state index contributed by atoms with van der Waals surface area (Å²) in [5, 5.41) is 0. The monoisotopic (exact) mass is 446 g/mol. The Hall–Kier alpha value is -3.10. The molecule has 8 heteroatoms. The van der Waals surface area contributed by atoms with Crippen molar-refractivity contribution in [3.63, 3.8) is 0 Å². The fraction of sp³-hybridized carbons (Fsp3) is 0.440. The molecule has 5 rings (SSSR count). The standard InChI is InChI=1S/C25H30N6O2/c1-30(2)25-28-13-21(20-11-26-16-27-12-20)24(29-25)23-15-31(7-8-33-23)14-19-9-17-5-4-6-18(17)10-22(19)32-3/h9-13,16,23H,4-8,14-15H2,1-3H3/t23-/m0/s1. The second kappa shape index (κ2) is 9.41. The van der Waals surface area contributed by atoms with E-state index in [0.717, 1.165) is 55.0 Å². The van der Waals surface area contributed by atoms with Crippen molar-refractivity contribution in [1.29, 1.82) is 0 Å². The molecule has 0 unspecified atom stereocenters. The summed E-state index contributed by atoms with van der Waals surface area (Å²) in [7, 11) is 5.65. The van der Waals surface area contributed by atoms with Gasteiger partial charge in [0.1, 0.15) is 18.2 Å². The summed E-state index contributed by atoms with van der Waals surface area (Å²) in [4.78, 5) is 22.1. The third-order valence-electron chi connectivity index (χ3n) is 6.42. The number of aryl methyl sites for hydroxylation is 2. The summed E-state index contributed by atoms with van der Waals surface area (Å²) < 4.78 is 12.0. The second-order valence-corrected chi connectivity index (χ2v) is 8.87. The lowest BCUT2D eigenvalue weighted by molar-refractivity contribution is -0.0348. The van der Waals surface area contributed by atoms with Crippen molar-refractivity contribution in [3.8, 4) is 16.9 Å². The molecule has 0 N–H and O–H groups in total. The molecule has 172 valence electrons. The van der Waals surface area contributed by atoms with Crippen molar-refractivity contribution in [1.82, 2.24) is 24.8 Å². The third kappa shape index (κ3) is 4.54. The molecule has 0 amide bonds. The molecule has 2 aliphatic rings. The van der Waals surface area contributed by atoms with Crippen LogP contribution >= 0.6 is 0 Å². The molecule has 8 nitrogen and oxygen atoms in total. The van der Waals surface area contributed by atoms with Crippen LogP contribution in [0.1, 0.15) is 34.9 Å². The highest BCUT2D eigenvalue weighted by Gasteiger charge is 2.28. The van der Waals surface area contributed by atoms with Crippen LogP contribution < -0.4 is 9.64 Å². The van der Waals surface area contributed by atoms with Crippen molar-refractivity contribution in [2.24, 2.45) is 0 Å². The van der Waals surface area contributed by atoms with Crippen molar-refractivity contribution < 1.29 is 9.47 Å². The lowest BCUT2D eigenvalue weighted by Crippen LogP contribution is -2.38. The van der Waals surface area contributed by atoms with Crippen molar-refractivity contribution in [2.45, 2.75) is 31.9 Å². The van der Waals surface area contributed by atoms with E-state index in [0.29, 0.717) is 12.6 Å². The van der Waals surface area contributed by atoms with Gasteiger partial charge in [-0.05, 0) is 36.5 Å². The number of benzene rings is 1. The van der Waals surface area contributed by atoms with Crippen LogP contribution in [0, 0.1) is 0 Å². The van der Waals surface area contributed by atoms with Gasteiger partial charge in [-0.2, -0.15) is 0 Å². The Morgan fingerprint density at radius 3 is 2.67 bits per heavy atom. The van der Waals surface area contributed by atoms with Crippen LogP contribution in [0.5, 0.6) is 5.75 Å². The molecule has 0 radical (unpaired) electrons. The number of morpholine rings is 1. The molecule has 0 spiro atoms. The van der Waals surface area contributed by atoms with Crippen molar-refractivity contribution >= 4 is 5.95 Å². The SMILES string of the molecule is COc1cc2c(cc1CN1CCO[C@H](c3nc(N(C)C)ncc3-c3cncnc3)C1)CCC2. The maximum absolute atomic E-state index is 6.24. The van der Waals surface area contributed by atoms with Gasteiger partial charge in [-0.3, -0.25) is 4.90 Å². The van der Waals surface area contributed by atoms with Gasteiger partial charge in [0.2, 0.25) is 5.95 Å². The minimum Gasteiger partial charge on any atom is -0.496 e. The maximum atomic E-state index is 6.24. The van der Waals surface area contributed by atoms with E-state index in [9.17, 15) is 0 Å². The van der Waals surface area contributed by atoms with Crippen LogP contribution in [0.3, 0.4) is 0 Å². The van der Waals surface area contributed by atoms with Crippen molar-refractivity contribution in [2.75, 3.05) is 45.8 Å². The van der Waals surface area contributed by atoms with Crippen LogP contribution in [0.25, 0.3) is 11.1 Å². The number of fused-ring (bicyclic) bond motifs is 1. The average Bonchev–Trinajstić information content (AvgIpc) is 3.31. The summed E-state index contributed by atoms with van der Waals surface area (Å²) in [6, 6.07) is 4.57. The van der Waals surface area contributed by atoms with E-state index in [1.165, 1.54) is 29.4 Å². The molecule has 2 aromatic heterocycles. The Bertz CT molecular complexity index is 1120. The molecule has 33 heavy (non-hydrogen) atoms. The zero-order valence-corrected chi connectivity index (χ0v) is 19.5. The number of nitrogens with zero attached hydrogens (tertiary/aromatic N) is 6. The number of hydrogen-bond acceptors (Lipinski definition) is 8. The molecule has 1 atom stereocenters. The normalized spacial score (nSPS) is 18.2. The third-order valence-corrected chi connectivity index (χ3v) is 6.42. The predicted molar refractivity (Wildman–Crippen MR) is 126 cm³/mol. The van der Waals surface area contributed by atoms with Gasteiger partial charge in [0, 0.05) is 69.0 Å². The summed E-state index contributed by atoms with van der Waals surface area (Å²) in [5.74, 6) is 1.64. The quantitative estimate of drug-likeness (QED) is 0.572. The van der Waals surface area contributed by atoms with Crippen LogP contribution in [0.15, 0.2) is 37.1 Å². The molecular weight excluding hydrogens is 416 g/mol. The zero-order chi connectivity index (χ0) is 22.8. The highest BCUT2D eigenvalue weighted by Crippen LogP contribution is 2.34. The minimum atomic E-state index is -0.170. The van der Waals surface area contributed by atoms with E-state index in [-0.39, 0.29) is 6.10 Å². The molecule has 1 aliphatic heterocycles. The smallest absolute Gasteiger partial charge is 0.225 e. The predicted octanol–water partition coefficient (Wildman–Crippen LogP) is 3.07. The number of hydrogen-bond donors (Lipinski definition) is 0. The molecule has 3 heterocycles. The lowest BCUT2D eigenvalue weighted by Gasteiger charge is -2.34. The summed E-state index contributed by atoms with van der Waals surface area (Å²) in [6.07, 6.45) is 10.3. The molecule has 0 saturated carbocycles. The number of rotatable bonds is 6. The van der Waals surface area contributed by atoms with E-state index >= 15 is 0 Å². The van der Waals surface area contributed by atoms with E-state index < -0.39 is 0 Å². The summed E-state index contributed by atoms with van der Waals surface area (Å²) >= 11 is 0. The lowest BCUT2D eigenvalue weighted by atomic mass is 10.0. The second-order valence-electron chi connectivity index (χ2n) is 8.87. The highest BCUT2D eigenvalue weighted by molar-refractivity contribution is 5.64. The minimum absolute atomic E-state index is 0.170. The molecule has 1 aliphatic carbocycles. The Kier molecular flexibility index (Phi) is 6.20. The first kappa shape index (κ1) is 21.7. The first-order valence-corrected chi connectivity index (χ1v) is 11.4. The number of methoxy groups -OCH3 is 1. The summed E-state index contributed by atoms with van der Waals surface area (Å²) in [6.45, 7) is 3.08. The number of aromatic nitrogens is 4. The number of ether oxygens (including phenoxy) is 2. The van der Waals surface area contributed by atoms with Gasteiger partial charge in [-0.25, -0.2) is 19.9 Å². The fourth-order valence-electron chi connectivity index (χ4n) is 4.73. The van der Waals surface area contributed by atoms with Crippen LogP contribution in [-0.4, -0.2) is 65.7 Å². The fourth-order valence-corrected chi connectivity index (χ4v) is 4.73. The van der Waals surface area contributed by atoms with Gasteiger partial charge in [0.25, 0.3) is 0 Å². The zero-order valence-electron chi connectivity index (χ0n) is 19.5. The Balaban J connectivity index is 1.43. The van der Waals surface area contributed by atoms with Crippen LogP contribution in [0.4, 0.5) is 5.95 Å². The van der Waals surface area contributed by atoms with E-state index in [2.05, 4.69) is 32.0 Å². The topological polar surface area (TPSA) is 76.5 Å². The van der Waals surface area contributed by atoms with E-state index in [1.54, 1.807) is 19.5 Å². The highest BCUT2D eigenvalue weighted by atomic mass is 16.5. The van der Waals surface area contributed by atoms with Gasteiger partial charge >= 0.3 is 0 Å². The van der Waals surface area contributed by atoms with Gasteiger partial charge in [-0.15, -0.1) is 0 Å². The van der Waals surface area contributed by atoms with Crippen LogP contribution in [0.2, 0.25) is 0 Å². The van der Waals surface area contributed by atoms with Gasteiger partial charge in [-0.1, -0.05) is 6.07 Å². The van der Waals surface area contributed by atoms with Crippen molar-refractivity contribution in [3.05, 3.63) is 59.4 Å². The number of anilines is 1. The first-order valence-electron chi connectivity index (χ1n) is 11.4. The molecule has 3 aromatic rings. The largest absolute Gasteiger partial charge is 0.496 e. The Morgan fingerprint density at radius 1 is 1.12 bits per heavy atom. The molecule has 1 saturated heterocycles. The van der Waals surface area contributed by atoms with Gasteiger partial charge in [0.05, 0.1) is 19.4 Å². The van der Waals surface area contributed by atoms with Gasteiger partial charge in [0.15, 0.2) is 0 Å². The molecule has 1 aromatic carbocycles. The Labute approximate surface area is 194 Å². The maximum Gasteiger partial charge on any atom is 0.225 e. The molecule has 1 fully saturated rings. The first-order chi connectivity index (χ1) is 16.1. The molecule has 0 bridgehead atoms. The molecular formula is C25H30N6O2. The Morgan fingerprint density at radius 2 is 1.91 bits per heavy atom. The van der Waals surface area contributed by atoms with Gasteiger partial charge < -0.3 is 14.4 Å².